The maximum absolute atomic E-state index is 12.9. The van der Waals surface area contributed by atoms with Crippen LogP contribution in [0.1, 0.15) is 25.8 Å². The molecule has 7 nitrogen and oxygen atoms in total. The van der Waals surface area contributed by atoms with Crippen LogP contribution in [0.2, 0.25) is 0 Å². The quantitative estimate of drug-likeness (QED) is 0.582. The van der Waals surface area contributed by atoms with Crippen molar-refractivity contribution in [2.75, 3.05) is 11.3 Å². The summed E-state index contributed by atoms with van der Waals surface area (Å²) in [6, 6.07) is 6.32. The molecule has 0 radical (unpaired) electrons. The van der Waals surface area contributed by atoms with Gasteiger partial charge < -0.3 is 0 Å². The van der Waals surface area contributed by atoms with Gasteiger partial charge >= 0.3 is 0 Å². The molecule has 1 aromatic carbocycles. The number of anilines is 1. The Labute approximate surface area is 153 Å². The predicted octanol–water partition coefficient (Wildman–Crippen LogP) is 1.94. The van der Waals surface area contributed by atoms with Gasteiger partial charge in [0.05, 0.1) is 17.4 Å². The van der Waals surface area contributed by atoms with E-state index in [4.69, 9.17) is 0 Å². The molecule has 0 aliphatic heterocycles. The molecule has 140 valence electrons. The van der Waals surface area contributed by atoms with E-state index in [2.05, 4.69) is 4.72 Å². The molecule has 0 spiro atoms. The molecular weight excluding hydrogens is 356 g/mol. The molecule has 0 fully saturated rings. The first-order valence-electron chi connectivity index (χ1n) is 8.00. The minimum absolute atomic E-state index is 0.0350. The summed E-state index contributed by atoms with van der Waals surface area (Å²) in [5.74, 6) is -0.860. The number of rotatable bonds is 6. The molecule has 0 bridgehead atoms. The Balaban J connectivity index is 2.27. The number of amides is 1. The number of carbonyl (C=O) groups excluding carboxylic acids is 2. The molecule has 1 amide bonds. The molecule has 0 heterocycles. The van der Waals surface area contributed by atoms with E-state index in [1.165, 1.54) is 19.1 Å². The van der Waals surface area contributed by atoms with Crippen molar-refractivity contribution in [3.63, 3.8) is 0 Å². The zero-order valence-electron chi connectivity index (χ0n) is 14.9. The molecule has 26 heavy (non-hydrogen) atoms. The third-order valence-corrected chi connectivity index (χ3v) is 4.93. The number of carbonyl (C=O) groups is 2. The average molecular weight is 378 g/mol. The predicted molar refractivity (Wildman–Crippen MR) is 98.0 cm³/mol. The Morgan fingerprint density at radius 2 is 2.04 bits per heavy atom. The van der Waals surface area contributed by atoms with Crippen LogP contribution in [0, 0.1) is 5.41 Å². The third-order valence-electron chi connectivity index (χ3n) is 4.26. The van der Waals surface area contributed by atoms with Gasteiger partial charge in [0, 0.05) is 12.1 Å². The molecular formula is C18H22N2O5S. The number of allylic oxidation sites excluding steroid dienone is 3. The number of hydroxylamine groups is 1. The highest BCUT2D eigenvalue weighted by atomic mass is 32.2. The number of nitrogens with one attached hydrogen (secondary N) is 1. The summed E-state index contributed by atoms with van der Waals surface area (Å²) in [5.41, 5.74) is -0.0627. The van der Waals surface area contributed by atoms with Gasteiger partial charge in [0.2, 0.25) is 10.0 Å². The molecule has 1 unspecified atom stereocenters. The Bertz CT molecular complexity index is 889. The first-order chi connectivity index (χ1) is 12.0. The van der Waals surface area contributed by atoms with Crippen LogP contribution >= 0.6 is 0 Å². The molecule has 0 saturated heterocycles. The summed E-state index contributed by atoms with van der Waals surface area (Å²) < 4.78 is 24.8. The standard InChI is InChI=1S/C18H22N2O5S/c1-13(21)16-9-4-5-10-18(16,2)17(22)20(23)15-8-6-7-14(11-15)12-19-26(3,24)25/h4-9,11,19,23H,10,12H2,1-3H3. The third kappa shape index (κ3) is 4.46. The largest absolute Gasteiger partial charge is 0.295 e. The summed E-state index contributed by atoms with van der Waals surface area (Å²) in [5, 5.41) is 11.0. The maximum atomic E-state index is 12.9. The molecule has 1 aromatic rings. The smallest absolute Gasteiger partial charge is 0.261 e. The van der Waals surface area contributed by atoms with Crippen LogP contribution in [0.4, 0.5) is 5.69 Å². The number of benzene rings is 1. The lowest BCUT2D eigenvalue weighted by Gasteiger charge is -2.33. The van der Waals surface area contributed by atoms with Crippen LogP contribution in [0.25, 0.3) is 0 Å². The number of sulfonamides is 1. The second-order valence-corrected chi connectivity index (χ2v) is 8.31. The lowest BCUT2D eigenvalue weighted by Crippen LogP contribution is -2.43. The van der Waals surface area contributed by atoms with E-state index < -0.39 is 21.3 Å². The average Bonchev–Trinajstić information content (AvgIpc) is 2.58. The highest BCUT2D eigenvalue weighted by Crippen LogP contribution is 2.37. The fourth-order valence-electron chi connectivity index (χ4n) is 2.83. The van der Waals surface area contributed by atoms with Gasteiger partial charge in [-0.2, -0.15) is 5.06 Å². The Hall–Kier alpha value is -2.29. The van der Waals surface area contributed by atoms with Crippen molar-refractivity contribution in [2.45, 2.75) is 26.8 Å². The van der Waals surface area contributed by atoms with E-state index in [1.807, 2.05) is 0 Å². The highest BCUT2D eigenvalue weighted by Gasteiger charge is 2.42. The van der Waals surface area contributed by atoms with Crippen molar-refractivity contribution in [2.24, 2.45) is 5.41 Å². The SMILES string of the molecule is CC(=O)C1=CC=CCC1(C)C(=O)N(O)c1cccc(CNS(C)(=O)=O)c1. The summed E-state index contributed by atoms with van der Waals surface area (Å²) in [7, 11) is -3.36. The van der Waals surface area contributed by atoms with Gasteiger partial charge in [-0.3, -0.25) is 14.8 Å². The van der Waals surface area contributed by atoms with E-state index in [0.29, 0.717) is 22.6 Å². The van der Waals surface area contributed by atoms with Crippen molar-refractivity contribution < 1.29 is 23.2 Å². The number of hydrogen-bond acceptors (Lipinski definition) is 5. The van der Waals surface area contributed by atoms with Crippen molar-refractivity contribution in [1.82, 2.24) is 4.72 Å². The lowest BCUT2D eigenvalue weighted by molar-refractivity contribution is -0.132. The minimum atomic E-state index is -3.36. The number of hydrogen-bond donors (Lipinski definition) is 2. The summed E-state index contributed by atoms with van der Waals surface area (Å²) in [4.78, 5) is 24.8. The fourth-order valence-corrected chi connectivity index (χ4v) is 3.26. The molecule has 2 N–H and O–H groups in total. The molecule has 0 aromatic heterocycles. The molecule has 1 aliphatic carbocycles. The van der Waals surface area contributed by atoms with Crippen LogP contribution in [0.5, 0.6) is 0 Å². The van der Waals surface area contributed by atoms with Gasteiger partial charge in [-0.15, -0.1) is 0 Å². The number of ketones is 1. The molecule has 8 heteroatoms. The van der Waals surface area contributed by atoms with Crippen LogP contribution in [0.3, 0.4) is 0 Å². The van der Waals surface area contributed by atoms with Crippen molar-refractivity contribution >= 4 is 27.4 Å². The first kappa shape index (κ1) is 20.0. The topological polar surface area (TPSA) is 104 Å². The highest BCUT2D eigenvalue weighted by molar-refractivity contribution is 7.88. The van der Waals surface area contributed by atoms with Crippen LogP contribution < -0.4 is 9.79 Å². The van der Waals surface area contributed by atoms with E-state index in [1.54, 1.807) is 37.3 Å². The zero-order valence-corrected chi connectivity index (χ0v) is 15.7. The molecule has 0 saturated carbocycles. The second kappa shape index (κ2) is 7.53. The zero-order chi connectivity index (χ0) is 19.5. The Morgan fingerprint density at radius 1 is 1.35 bits per heavy atom. The summed E-state index contributed by atoms with van der Waals surface area (Å²) in [6.45, 7) is 3.04. The number of nitrogens with zero attached hydrogens (tertiary/aromatic N) is 1. The van der Waals surface area contributed by atoms with Crippen molar-refractivity contribution in [1.29, 1.82) is 0 Å². The van der Waals surface area contributed by atoms with Gasteiger partial charge in [0.15, 0.2) is 5.78 Å². The lowest BCUT2D eigenvalue weighted by atomic mass is 9.74. The van der Waals surface area contributed by atoms with E-state index in [0.717, 1.165) is 6.26 Å². The van der Waals surface area contributed by atoms with Gasteiger partial charge in [0.1, 0.15) is 0 Å². The van der Waals surface area contributed by atoms with E-state index in [-0.39, 0.29) is 18.0 Å². The van der Waals surface area contributed by atoms with Gasteiger partial charge in [0.25, 0.3) is 5.91 Å². The van der Waals surface area contributed by atoms with E-state index in [9.17, 15) is 23.2 Å². The fraction of sp³-hybridized carbons (Fsp3) is 0.333. The number of Topliss-reactive ketones (excluding diaryl/α,β-unsaturated/α-hetero) is 1. The maximum Gasteiger partial charge on any atom is 0.261 e. The van der Waals surface area contributed by atoms with Crippen molar-refractivity contribution in [3.05, 3.63) is 53.6 Å². The molecule has 1 aliphatic rings. The van der Waals surface area contributed by atoms with Crippen LogP contribution in [0.15, 0.2) is 48.1 Å². The summed E-state index contributed by atoms with van der Waals surface area (Å²) >= 11 is 0. The second-order valence-electron chi connectivity index (χ2n) is 6.48. The van der Waals surface area contributed by atoms with Crippen molar-refractivity contribution in [3.8, 4) is 0 Å². The minimum Gasteiger partial charge on any atom is -0.295 e. The first-order valence-corrected chi connectivity index (χ1v) is 9.89. The monoisotopic (exact) mass is 378 g/mol. The summed E-state index contributed by atoms with van der Waals surface area (Å²) in [6.07, 6.45) is 6.41. The van der Waals surface area contributed by atoms with Gasteiger partial charge in [-0.1, -0.05) is 30.4 Å². The Kier molecular flexibility index (Phi) is 5.80. The normalized spacial score (nSPS) is 19.8. The van der Waals surface area contributed by atoms with Gasteiger partial charge in [-0.05, 0) is 38.0 Å². The molecule has 2 rings (SSSR count). The van der Waals surface area contributed by atoms with Crippen LogP contribution in [-0.4, -0.2) is 31.6 Å². The Morgan fingerprint density at radius 3 is 2.65 bits per heavy atom. The molecule has 1 atom stereocenters. The van der Waals surface area contributed by atoms with Gasteiger partial charge in [-0.25, -0.2) is 13.1 Å². The van der Waals surface area contributed by atoms with E-state index >= 15 is 0 Å². The van der Waals surface area contributed by atoms with Crippen LogP contribution in [-0.2, 0) is 26.2 Å².